The molecule has 0 amide bonds. The van der Waals surface area contributed by atoms with Crippen molar-refractivity contribution in [2.24, 2.45) is 0 Å². The lowest BCUT2D eigenvalue weighted by Gasteiger charge is -2.16. The number of hydrogen-bond donors (Lipinski definition) is 0. The van der Waals surface area contributed by atoms with Crippen LogP contribution in [0.25, 0.3) is 0 Å². The van der Waals surface area contributed by atoms with Gasteiger partial charge in [0, 0.05) is 12.8 Å². The van der Waals surface area contributed by atoms with Gasteiger partial charge in [0.05, 0.1) is 0 Å². The summed E-state index contributed by atoms with van der Waals surface area (Å²) < 4.78 is 44.9. The number of ether oxygens (including phenoxy) is 2. The fraction of sp³-hybridized carbons (Fsp3) is 0.800. The molecule has 19 heavy (non-hydrogen) atoms. The molecule has 0 spiro atoms. The lowest BCUT2D eigenvalue weighted by atomic mass is 10.2. The van der Waals surface area contributed by atoms with E-state index in [1.54, 1.807) is 0 Å². The molecule has 0 rings (SSSR count). The van der Waals surface area contributed by atoms with E-state index in [2.05, 4.69) is 9.47 Å². The van der Waals surface area contributed by atoms with Crippen LogP contribution in [0.15, 0.2) is 0 Å². The number of alkyl halides is 5. The van der Waals surface area contributed by atoms with Crippen LogP contribution in [0.4, 0.5) is 13.2 Å². The Kier molecular flexibility index (Phi) is 8.17. The minimum atomic E-state index is -4.59. The minimum Gasteiger partial charge on any atom is -0.463 e. The highest BCUT2D eigenvalue weighted by Crippen LogP contribution is 2.22. The third kappa shape index (κ3) is 9.84. The maximum Gasteiger partial charge on any atom is 0.425 e. The highest BCUT2D eigenvalue weighted by Gasteiger charge is 2.38. The molecule has 4 nitrogen and oxygen atoms in total. The lowest BCUT2D eigenvalue weighted by molar-refractivity contribution is -0.216. The molecule has 0 saturated carbocycles. The van der Waals surface area contributed by atoms with Gasteiger partial charge in [0.2, 0.25) is 0 Å². The largest absolute Gasteiger partial charge is 0.463 e. The molecule has 0 heterocycles. The van der Waals surface area contributed by atoms with Crippen LogP contribution in [0, 0.1) is 0 Å². The second kappa shape index (κ2) is 8.47. The Morgan fingerprint density at radius 3 is 2.16 bits per heavy atom. The van der Waals surface area contributed by atoms with E-state index >= 15 is 0 Å². The molecule has 0 radical (unpaired) electrons. The average Bonchev–Trinajstić information content (AvgIpc) is 2.24. The first-order chi connectivity index (χ1) is 8.62. The highest BCUT2D eigenvalue weighted by molar-refractivity contribution is 6.44. The molecule has 0 aromatic carbocycles. The molecule has 0 aliphatic rings. The van der Waals surface area contributed by atoms with E-state index in [0.29, 0.717) is 0 Å². The van der Waals surface area contributed by atoms with Gasteiger partial charge in [-0.25, -0.2) is 0 Å². The van der Waals surface area contributed by atoms with E-state index in [9.17, 15) is 22.8 Å². The molecule has 0 aliphatic carbocycles. The van der Waals surface area contributed by atoms with Crippen LogP contribution in [0.2, 0.25) is 0 Å². The van der Waals surface area contributed by atoms with Crippen LogP contribution in [0.1, 0.15) is 26.2 Å². The van der Waals surface area contributed by atoms with Crippen molar-refractivity contribution in [2.75, 3.05) is 6.61 Å². The third-order valence-electron chi connectivity index (χ3n) is 1.90. The summed E-state index contributed by atoms with van der Waals surface area (Å²) in [7, 11) is 0. The fourth-order valence-electron chi connectivity index (χ4n) is 0.928. The highest BCUT2D eigenvalue weighted by atomic mass is 35.5. The van der Waals surface area contributed by atoms with Crippen LogP contribution in [-0.4, -0.2) is 35.7 Å². The van der Waals surface area contributed by atoms with Crippen molar-refractivity contribution >= 4 is 35.1 Å². The molecule has 0 aliphatic heterocycles. The third-order valence-corrected chi connectivity index (χ3v) is 2.15. The number of rotatable bonds is 7. The molecule has 1 unspecified atom stereocenters. The lowest BCUT2D eigenvalue weighted by Crippen LogP contribution is -2.30. The summed E-state index contributed by atoms with van der Waals surface area (Å²) in [5.74, 6) is -1.66. The van der Waals surface area contributed by atoms with Gasteiger partial charge in [0.25, 0.3) is 0 Å². The van der Waals surface area contributed by atoms with Gasteiger partial charge in [-0.3, -0.25) is 9.59 Å². The zero-order valence-corrected chi connectivity index (χ0v) is 11.5. The van der Waals surface area contributed by atoms with Crippen molar-refractivity contribution in [1.29, 1.82) is 0 Å². The van der Waals surface area contributed by atoms with Gasteiger partial charge in [-0.05, 0) is 13.3 Å². The molecule has 0 aromatic rings. The van der Waals surface area contributed by atoms with Crippen LogP contribution in [0.5, 0.6) is 0 Å². The maximum absolute atomic E-state index is 12.1. The molecular formula is C10H13Cl2F3O4. The van der Waals surface area contributed by atoms with Crippen molar-refractivity contribution in [1.82, 2.24) is 0 Å². The molecule has 0 N–H and O–H groups in total. The molecule has 0 fully saturated rings. The Hall–Kier alpha value is -0.690. The Labute approximate surface area is 118 Å². The number of halogens is 5. The van der Waals surface area contributed by atoms with Gasteiger partial charge in [-0.2, -0.15) is 13.2 Å². The molecule has 1 atom stereocenters. The van der Waals surface area contributed by atoms with Gasteiger partial charge in [-0.1, -0.05) is 0 Å². The smallest absolute Gasteiger partial charge is 0.425 e. The molecular weight excluding hydrogens is 312 g/mol. The van der Waals surface area contributed by atoms with Crippen molar-refractivity contribution in [2.45, 2.75) is 43.3 Å². The van der Waals surface area contributed by atoms with Crippen molar-refractivity contribution in [3.05, 3.63) is 0 Å². The number of carbonyl (C=O) groups excluding carboxylic acids is 2. The van der Waals surface area contributed by atoms with Crippen molar-refractivity contribution < 1.29 is 32.2 Å². The van der Waals surface area contributed by atoms with E-state index in [4.69, 9.17) is 23.2 Å². The number of esters is 2. The molecule has 0 aromatic heterocycles. The topological polar surface area (TPSA) is 52.6 Å². The Bertz CT molecular complexity index is 308. The first kappa shape index (κ1) is 18.3. The summed E-state index contributed by atoms with van der Waals surface area (Å²) >= 11 is 10.6. The summed E-state index contributed by atoms with van der Waals surface area (Å²) in [6.45, 7) is 0.546. The average molecular weight is 325 g/mol. The van der Waals surface area contributed by atoms with Gasteiger partial charge in [0.15, 0.2) is 6.10 Å². The van der Waals surface area contributed by atoms with Crippen molar-refractivity contribution in [3.8, 4) is 0 Å². The van der Waals surface area contributed by atoms with Crippen LogP contribution in [-0.2, 0) is 19.1 Å². The van der Waals surface area contributed by atoms with E-state index in [1.165, 1.54) is 0 Å². The van der Waals surface area contributed by atoms with Crippen LogP contribution < -0.4 is 0 Å². The van der Waals surface area contributed by atoms with Gasteiger partial charge in [-0.15, -0.1) is 23.2 Å². The minimum absolute atomic E-state index is 0.0253. The summed E-state index contributed by atoms with van der Waals surface area (Å²) in [5.41, 5.74) is 0. The van der Waals surface area contributed by atoms with E-state index in [-0.39, 0.29) is 25.9 Å². The molecule has 112 valence electrons. The Morgan fingerprint density at radius 2 is 1.68 bits per heavy atom. The molecule has 9 heteroatoms. The second-order valence-electron chi connectivity index (χ2n) is 3.60. The quantitative estimate of drug-likeness (QED) is 0.533. The SMILES string of the molecule is CC(OC(=O)CCCC(=O)OCC(Cl)Cl)C(F)(F)F. The van der Waals surface area contributed by atoms with Gasteiger partial charge < -0.3 is 9.47 Å². The van der Waals surface area contributed by atoms with E-state index < -0.39 is 29.1 Å². The number of hydrogen-bond acceptors (Lipinski definition) is 4. The van der Waals surface area contributed by atoms with Crippen molar-refractivity contribution in [3.63, 3.8) is 0 Å². The summed E-state index contributed by atoms with van der Waals surface area (Å²) in [4.78, 5) is 21.2. The fourth-order valence-corrected chi connectivity index (χ4v) is 1.05. The van der Waals surface area contributed by atoms with E-state index in [1.807, 2.05) is 0 Å². The number of carbonyl (C=O) groups is 2. The first-order valence-corrected chi connectivity index (χ1v) is 6.20. The maximum atomic E-state index is 12.1. The monoisotopic (exact) mass is 324 g/mol. The zero-order chi connectivity index (χ0) is 15.1. The first-order valence-electron chi connectivity index (χ1n) is 5.33. The normalized spacial score (nSPS) is 13.2. The summed E-state index contributed by atoms with van der Waals surface area (Å²) in [6, 6.07) is 0. The van der Waals surface area contributed by atoms with Crippen LogP contribution in [0.3, 0.4) is 0 Å². The predicted octanol–water partition coefficient (Wildman–Crippen LogP) is 3.00. The Morgan fingerprint density at radius 1 is 1.16 bits per heavy atom. The van der Waals surface area contributed by atoms with Gasteiger partial charge in [0.1, 0.15) is 11.4 Å². The standard InChI is InChI=1S/C10H13Cl2F3O4/c1-6(10(13,14)15)19-9(17)4-2-3-8(16)18-5-7(11)12/h6-7H,2-5H2,1H3. The molecule has 0 bridgehead atoms. The Balaban J connectivity index is 3.78. The molecule has 0 saturated heterocycles. The second-order valence-corrected chi connectivity index (χ2v) is 4.88. The van der Waals surface area contributed by atoms with Gasteiger partial charge >= 0.3 is 18.1 Å². The van der Waals surface area contributed by atoms with E-state index in [0.717, 1.165) is 6.92 Å². The summed E-state index contributed by atoms with van der Waals surface area (Å²) in [6.07, 6.45) is -7.17. The zero-order valence-electron chi connectivity index (χ0n) is 10.0. The van der Waals surface area contributed by atoms with Crippen LogP contribution >= 0.6 is 23.2 Å². The summed E-state index contributed by atoms with van der Waals surface area (Å²) in [5, 5.41) is 0. The predicted molar refractivity (Wildman–Crippen MR) is 61.9 cm³/mol.